The molecule has 0 spiro atoms. The molecule has 384 valence electrons. The van der Waals surface area contributed by atoms with Crippen LogP contribution in [0.15, 0.2) is 206 Å². The third-order valence-electron chi connectivity index (χ3n) is 19.9. The number of fused-ring (bicyclic) bond motifs is 11. The topological polar surface area (TPSA) is 0 Å². The Hall–Kier alpha value is -9.62. The SMILES string of the molecule is Cc1ccccc1-c1c2cc3c(cc2c(-c2ccccc2C)c2c4ccc5c6ccc(-c7c(C)cccc7C)c7cccc(c8ccc(c12)c4c85)c76)c1ccc2c4ccc(-c5c(C)cccc5C(C)C)c5cccc(c6ccc3c1c62)c54. The van der Waals surface area contributed by atoms with Crippen LogP contribution in [0.1, 0.15) is 53.1 Å². The van der Waals surface area contributed by atoms with Gasteiger partial charge in [-0.25, -0.2) is 0 Å². The maximum absolute atomic E-state index is 2.61. The molecule has 0 heteroatoms. The molecule has 18 aromatic carbocycles. The summed E-state index contributed by atoms with van der Waals surface area (Å²) in [5.74, 6) is 0.415. The summed E-state index contributed by atoms with van der Waals surface area (Å²) < 4.78 is 0. The molecule has 0 atom stereocenters. The first-order valence-corrected chi connectivity index (χ1v) is 29.4. The zero-order valence-corrected chi connectivity index (χ0v) is 47.2. The van der Waals surface area contributed by atoms with E-state index < -0.39 is 0 Å². The quantitative estimate of drug-likeness (QED) is 0.119. The van der Waals surface area contributed by atoms with Gasteiger partial charge in [-0.1, -0.05) is 208 Å². The van der Waals surface area contributed by atoms with Gasteiger partial charge in [0.25, 0.3) is 0 Å². The highest BCUT2D eigenvalue weighted by atomic mass is 14.3. The maximum atomic E-state index is 2.61. The van der Waals surface area contributed by atoms with Gasteiger partial charge in [0.2, 0.25) is 0 Å². The number of hydrogen-bond donors (Lipinski definition) is 0. The highest BCUT2D eigenvalue weighted by Crippen LogP contribution is 2.57. The van der Waals surface area contributed by atoms with Crippen molar-refractivity contribution in [3.8, 4) is 44.5 Å². The molecule has 0 saturated carbocycles. The van der Waals surface area contributed by atoms with Gasteiger partial charge >= 0.3 is 0 Å². The molecule has 0 heterocycles. The van der Waals surface area contributed by atoms with E-state index in [0.717, 1.165) is 0 Å². The first-order valence-electron chi connectivity index (χ1n) is 29.4. The van der Waals surface area contributed by atoms with E-state index >= 15 is 0 Å². The minimum Gasteiger partial charge on any atom is -0.0620 e. The van der Waals surface area contributed by atoms with Crippen LogP contribution in [0, 0.1) is 34.6 Å². The van der Waals surface area contributed by atoms with E-state index in [-0.39, 0.29) is 0 Å². The third kappa shape index (κ3) is 5.77. The van der Waals surface area contributed by atoms with Gasteiger partial charge in [0.05, 0.1) is 0 Å². The van der Waals surface area contributed by atoms with E-state index in [9.17, 15) is 0 Å². The van der Waals surface area contributed by atoms with E-state index in [1.165, 1.54) is 218 Å². The van der Waals surface area contributed by atoms with Crippen LogP contribution >= 0.6 is 0 Å². The predicted molar refractivity (Wildman–Crippen MR) is 358 cm³/mol. The van der Waals surface area contributed by atoms with Crippen molar-refractivity contribution in [2.24, 2.45) is 0 Å². The van der Waals surface area contributed by atoms with Crippen molar-refractivity contribution in [1.82, 2.24) is 0 Å². The highest BCUT2D eigenvalue weighted by molar-refractivity contribution is 6.48. The lowest BCUT2D eigenvalue weighted by atomic mass is 9.83. The molecule has 0 saturated heterocycles. The van der Waals surface area contributed by atoms with Gasteiger partial charge in [0, 0.05) is 0 Å². The van der Waals surface area contributed by atoms with Crippen LogP contribution in [0.5, 0.6) is 0 Å². The first-order chi connectivity index (χ1) is 40.1. The van der Waals surface area contributed by atoms with Crippen molar-refractivity contribution >= 4 is 140 Å². The minimum atomic E-state index is 0.415. The Bertz CT molecular complexity index is 5580. The zero-order valence-electron chi connectivity index (χ0n) is 47.2. The van der Waals surface area contributed by atoms with Gasteiger partial charge in [0.15, 0.2) is 0 Å². The molecule has 0 amide bonds. The lowest BCUT2D eigenvalue weighted by Gasteiger charge is -2.20. The number of aryl methyl sites for hydroxylation is 5. The van der Waals surface area contributed by atoms with Gasteiger partial charge < -0.3 is 0 Å². The Kier molecular flexibility index (Phi) is 9.16. The highest BCUT2D eigenvalue weighted by Gasteiger charge is 2.29. The molecule has 82 heavy (non-hydrogen) atoms. The third-order valence-corrected chi connectivity index (χ3v) is 19.9. The Labute approximate surface area is 475 Å². The van der Waals surface area contributed by atoms with Crippen molar-refractivity contribution in [3.63, 3.8) is 0 Å². The normalized spacial score (nSPS) is 12.7. The molecule has 0 aliphatic rings. The molecule has 18 rings (SSSR count). The fraction of sp³-hybridized carbons (Fsp3) is 0.0976. The molecular weight excluding hydrogens is 985 g/mol. The van der Waals surface area contributed by atoms with E-state index in [1.54, 1.807) is 0 Å². The Morgan fingerprint density at radius 3 is 0.963 bits per heavy atom. The van der Waals surface area contributed by atoms with Crippen LogP contribution in [-0.2, 0) is 0 Å². The van der Waals surface area contributed by atoms with Crippen LogP contribution in [0.2, 0.25) is 0 Å². The van der Waals surface area contributed by atoms with E-state index in [0.29, 0.717) is 5.92 Å². The molecule has 0 aliphatic carbocycles. The van der Waals surface area contributed by atoms with Crippen molar-refractivity contribution in [1.29, 1.82) is 0 Å². The minimum absolute atomic E-state index is 0.415. The fourth-order valence-corrected chi connectivity index (χ4v) is 16.5. The summed E-state index contributed by atoms with van der Waals surface area (Å²) in [6.07, 6.45) is 0. The Morgan fingerprint density at radius 2 is 0.512 bits per heavy atom. The lowest BCUT2D eigenvalue weighted by molar-refractivity contribution is 0.867. The molecule has 0 N–H and O–H groups in total. The summed E-state index contributed by atoms with van der Waals surface area (Å²) >= 11 is 0. The summed E-state index contributed by atoms with van der Waals surface area (Å²) in [7, 11) is 0. The largest absolute Gasteiger partial charge is 0.0620 e. The summed E-state index contributed by atoms with van der Waals surface area (Å²) in [5, 5.41) is 34.6. The molecule has 0 aliphatic heterocycles. The maximum Gasteiger partial charge on any atom is -0.000730 e. The van der Waals surface area contributed by atoms with Crippen molar-refractivity contribution in [2.75, 3.05) is 0 Å². The van der Waals surface area contributed by atoms with Crippen molar-refractivity contribution in [3.05, 3.63) is 240 Å². The van der Waals surface area contributed by atoms with Crippen LogP contribution in [0.25, 0.3) is 185 Å². The smallest absolute Gasteiger partial charge is 0.000730 e. The molecular formula is C82H56. The fourth-order valence-electron chi connectivity index (χ4n) is 16.5. The van der Waals surface area contributed by atoms with E-state index in [2.05, 4.69) is 255 Å². The van der Waals surface area contributed by atoms with Gasteiger partial charge in [-0.2, -0.15) is 0 Å². The van der Waals surface area contributed by atoms with Gasteiger partial charge in [-0.05, 0) is 271 Å². The van der Waals surface area contributed by atoms with E-state index in [1.807, 2.05) is 0 Å². The summed E-state index contributed by atoms with van der Waals surface area (Å²) in [4.78, 5) is 0. The predicted octanol–water partition coefficient (Wildman–Crippen LogP) is 23.8. The van der Waals surface area contributed by atoms with Crippen LogP contribution < -0.4 is 0 Å². The van der Waals surface area contributed by atoms with Crippen molar-refractivity contribution in [2.45, 2.75) is 54.4 Å². The van der Waals surface area contributed by atoms with Crippen LogP contribution in [-0.4, -0.2) is 0 Å². The molecule has 0 fully saturated rings. The van der Waals surface area contributed by atoms with Gasteiger partial charge in [0.1, 0.15) is 0 Å². The lowest BCUT2D eigenvalue weighted by Crippen LogP contribution is -1.96. The van der Waals surface area contributed by atoms with E-state index in [4.69, 9.17) is 0 Å². The molecule has 0 aromatic heterocycles. The number of hydrogen-bond acceptors (Lipinski definition) is 0. The second kappa shape index (κ2) is 16.3. The summed E-state index contributed by atoms with van der Waals surface area (Å²) in [5.41, 5.74) is 18.5. The Balaban J connectivity index is 0.982. The first kappa shape index (κ1) is 46.2. The van der Waals surface area contributed by atoms with Gasteiger partial charge in [-0.15, -0.1) is 0 Å². The molecule has 0 nitrogen and oxygen atoms in total. The average Bonchev–Trinajstić information content (AvgIpc) is 3.21. The second-order valence-corrected chi connectivity index (χ2v) is 24.5. The molecule has 0 bridgehead atoms. The average molecular weight is 1040 g/mol. The van der Waals surface area contributed by atoms with Crippen LogP contribution in [0.3, 0.4) is 0 Å². The standard InChI is InChI=1S/C82H56/c1-42(2)48-23-13-20-47(7)72(48)56-29-31-58-61-33-35-64-68-41-70-69(40-67(68)63-34-32-59(77(61)79(63)64)53-27-15-25-52(56)74(53)58)75(49-21-10-8-16-43(49)3)81-65-38-36-60-54-26-14-24-51-55(71-45(5)18-12-19-46(71)6)28-30-57(73(51)54)62-37-39-66(80(65)78(60)62)82(81)76(70)50-22-11-9-17-44(50)4/h8-42H,1-7H3. The number of rotatable bonds is 5. The monoisotopic (exact) mass is 1040 g/mol. The van der Waals surface area contributed by atoms with Crippen LogP contribution in [0.4, 0.5) is 0 Å². The summed E-state index contributed by atoms with van der Waals surface area (Å²) in [6, 6.07) is 80.4. The second-order valence-electron chi connectivity index (χ2n) is 24.5. The zero-order chi connectivity index (χ0) is 54.7. The molecule has 0 radical (unpaired) electrons. The van der Waals surface area contributed by atoms with Crippen molar-refractivity contribution < 1.29 is 0 Å². The molecule has 0 unspecified atom stereocenters. The molecule has 18 aromatic rings. The van der Waals surface area contributed by atoms with Gasteiger partial charge in [-0.3, -0.25) is 0 Å². The Morgan fingerprint density at radius 1 is 0.195 bits per heavy atom. The number of benzene rings is 16. The summed E-state index contributed by atoms with van der Waals surface area (Å²) in [6.45, 7) is 16.0.